The maximum absolute atomic E-state index is 12.3. The molecule has 2 heterocycles. The maximum Gasteiger partial charge on any atom is 0.151 e. The molecule has 122 valence electrons. The Balaban J connectivity index is 0.00000176. The van der Waals surface area contributed by atoms with Crippen molar-refractivity contribution in [2.75, 3.05) is 12.0 Å². The Bertz CT molecular complexity index is 589. The van der Waals surface area contributed by atoms with Gasteiger partial charge in [-0.2, -0.15) is 10.2 Å². The predicted octanol–water partition coefficient (Wildman–Crippen LogP) is 3.51. The van der Waals surface area contributed by atoms with Gasteiger partial charge in [0.05, 0.1) is 18.8 Å². The van der Waals surface area contributed by atoms with Crippen molar-refractivity contribution >= 4 is 18.2 Å². The molecule has 0 amide bonds. The summed E-state index contributed by atoms with van der Waals surface area (Å²) in [6.07, 6.45) is 11.0. The van der Waals surface area contributed by atoms with Crippen molar-refractivity contribution in [1.82, 2.24) is 19.6 Å². The highest BCUT2D eigenvalue weighted by Gasteiger charge is 2.17. The van der Waals surface area contributed by atoms with Crippen LogP contribution in [0.15, 0.2) is 18.6 Å². The molecule has 1 fully saturated rings. The van der Waals surface area contributed by atoms with Gasteiger partial charge in [-0.25, -0.2) is 4.39 Å². The van der Waals surface area contributed by atoms with Gasteiger partial charge in [0.25, 0.3) is 0 Å². The highest BCUT2D eigenvalue weighted by molar-refractivity contribution is 5.85. The van der Waals surface area contributed by atoms with Crippen LogP contribution in [0, 0.1) is 6.92 Å². The van der Waals surface area contributed by atoms with Gasteiger partial charge in [0.15, 0.2) is 5.82 Å². The number of halogens is 2. The molecule has 0 spiro atoms. The van der Waals surface area contributed by atoms with Crippen molar-refractivity contribution in [2.45, 2.75) is 51.7 Å². The molecule has 0 aliphatic heterocycles. The lowest BCUT2D eigenvalue weighted by Crippen LogP contribution is -2.05. The summed E-state index contributed by atoms with van der Waals surface area (Å²) in [7, 11) is 0. The van der Waals surface area contributed by atoms with Crippen LogP contribution in [0.25, 0.3) is 0 Å². The minimum absolute atomic E-state index is 0. The molecule has 0 unspecified atom stereocenters. The van der Waals surface area contributed by atoms with E-state index in [1.54, 1.807) is 4.68 Å². The largest absolute Gasteiger partial charge is 0.364 e. The molecular weight excluding hydrogens is 305 g/mol. The summed E-state index contributed by atoms with van der Waals surface area (Å²) in [5, 5.41) is 12.1. The number of aromatic nitrogens is 4. The molecule has 0 aromatic carbocycles. The first-order valence-electron chi connectivity index (χ1n) is 7.63. The zero-order valence-electron chi connectivity index (χ0n) is 12.8. The second kappa shape index (κ2) is 7.63. The molecule has 0 radical (unpaired) electrons. The molecule has 1 saturated carbocycles. The van der Waals surface area contributed by atoms with Gasteiger partial charge in [-0.05, 0) is 19.8 Å². The van der Waals surface area contributed by atoms with Gasteiger partial charge in [0, 0.05) is 30.1 Å². The Labute approximate surface area is 136 Å². The van der Waals surface area contributed by atoms with E-state index in [0.29, 0.717) is 19.1 Å². The summed E-state index contributed by atoms with van der Waals surface area (Å²) in [6, 6.07) is 0.573. The Morgan fingerprint density at radius 1 is 1.32 bits per heavy atom. The fraction of sp³-hybridized carbons (Fsp3) is 0.600. The van der Waals surface area contributed by atoms with Crippen LogP contribution in [0.5, 0.6) is 0 Å². The first-order chi connectivity index (χ1) is 10.3. The number of rotatable bonds is 6. The molecule has 7 heteroatoms. The molecule has 0 bridgehead atoms. The molecule has 22 heavy (non-hydrogen) atoms. The number of alkyl halides is 1. The number of aryl methyl sites for hydroxylation is 2. The highest BCUT2D eigenvalue weighted by Crippen LogP contribution is 2.28. The van der Waals surface area contributed by atoms with Crippen LogP contribution in [-0.4, -0.2) is 26.2 Å². The van der Waals surface area contributed by atoms with Gasteiger partial charge < -0.3 is 5.32 Å². The lowest BCUT2D eigenvalue weighted by Gasteiger charge is -2.08. The average molecular weight is 328 g/mol. The lowest BCUT2D eigenvalue weighted by atomic mass is 10.2. The van der Waals surface area contributed by atoms with Gasteiger partial charge >= 0.3 is 0 Å². The van der Waals surface area contributed by atoms with Crippen molar-refractivity contribution in [3.05, 3.63) is 29.7 Å². The van der Waals surface area contributed by atoms with E-state index in [2.05, 4.69) is 26.4 Å². The zero-order chi connectivity index (χ0) is 14.7. The van der Waals surface area contributed by atoms with Crippen LogP contribution in [0.4, 0.5) is 10.2 Å². The summed E-state index contributed by atoms with van der Waals surface area (Å²) >= 11 is 0. The fourth-order valence-electron chi connectivity index (χ4n) is 2.92. The zero-order valence-corrected chi connectivity index (χ0v) is 13.7. The molecule has 0 saturated heterocycles. The van der Waals surface area contributed by atoms with Crippen molar-refractivity contribution in [3.8, 4) is 0 Å². The number of hydrogen-bond acceptors (Lipinski definition) is 3. The Morgan fingerprint density at radius 2 is 2.09 bits per heavy atom. The van der Waals surface area contributed by atoms with E-state index < -0.39 is 6.67 Å². The van der Waals surface area contributed by atoms with Crippen LogP contribution in [0.3, 0.4) is 0 Å². The van der Waals surface area contributed by atoms with Crippen LogP contribution in [0.2, 0.25) is 0 Å². The third-order valence-electron chi connectivity index (χ3n) is 4.07. The molecule has 1 aliphatic carbocycles. The number of hydrogen-bond donors (Lipinski definition) is 1. The average Bonchev–Trinajstić information content (AvgIpc) is 3.17. The van der Waals surface area contributed by atoms with Crippen LogP contribution in [0.1, 0.15) is 42.9 Å². The number of anilines is 1. The summed E-state index contributed by atoms with van der Waals surface area (Å²) in [6.45, 7) is 2.59. The fourth-order valence-corrected chi connectivity index (χ4v) is 2.92. The monoisotopic (exact) mass is 327 g/mol. The topological polar surface area (TPSA) is 47.7 Å². The van der Waals surface area contributed by atoms with E-state index >= 15 is 0 Å². The second-order valence-electron chi connectivity index (χ2n) is 5.73. The summed E-state index contributed by atoms with van der Waals surface area (Å²) < 4.78 is 16.1. The van der Waals surface area contributed by atoms with E-state index in [1.165, 1.54) is 25.7 Å². The molecule has 5 nitrogen and oxygen atoms in total. The van der Waals surface area contributed by atoms with Crippen LogP contribution in [-0.2, 0) is 13.1 Å². The van der Waals surface area contributed by atoms with Gasteiger partial charge in [-0.15, -0.1) is 12.4 Å². The van der Waals surface area contributed by atoms with Gasteiger partial charge in [-0.1, -0.05) is 12.8 Å². The van der Waals surface area contributed by atoms with E-state index in [9.17, 15) is 4.39 Å². The quantitative estimate of drug-likeness (QED) is 0.883. The molecule has 2 aromatic rings. The molecule has 3 rings (SSSR count). The van der Waals surface area contributed by atoms with Gasteiger partial charge in [0.2, 0.25) is 0 Å². The molecule has 1 N–H and O–H groups in total. The molecule has 2 aromatic heterocycles. The Hall–Kier alpha value is -1.56. The Morgan fingerprint density at radius 3 is 2.82 bits per heavy atom. The van der Waals surface area contributed by atoms with Crippen molar-refractivity contribution in [3.63, 3.8) is 0 Å². The summed E-state index contributed by atoms with van der Waals surface area (Å²) in [5.41, 5.74) is 2.19. The summed E-state index contributed by atoms with van der Waals surface area (Å²) in [5.74, 6) is 0.817. The lowest BCUT2D eigenvalue weighted by molar-refractivity contribution is 0.427. The van der Waals surface area contributed by atoms with Crippen LogP contribution >= 0.6 is 12.4 Å². The Kier molecular flexibility index (Phi) is 5.83. The summed E-state index contributed by atoms with van der Waals surface area (Å²) in [4.78, 5) is 0. The second-order valence-corrected chi connectivity index (χ2v) is 5.73. The smallest absolute Gasteiger partial charge is 0.151 e. The first kappa shape index (κ1) is 16.8. The SMILES string of the molecule is Cc1cn(CCF)nc1NCc1cnn(C2CCCC2)c1.Cl. The first-order valence-corrected chi connectivity index (χ1v) is 7.63. The third-order valence-corrected chi connectivity index (χ3v) is 4.07. The standard InChI is InChI=1S/C15H22FN5.ClH/c1-12-10-20(7-6-16)19-15(12)17-8-13-9-18-21(11-13)14-4-2-3-5-14;/h9-11,14H,2-8H2,1H3,(H,17,19);1H. The maximum atomic E-state index is 12.3. The van der Waals surface area contributed by atoms with E-state index in [-0.39, 0.29) is 12.4 Å². The predicted molar refractivity (Wildman–Crippen MR) is 87.2 cm³/mol. The third kappa shape index (κ3) is 3.80. The highest BCUT2D eigenvalue weighted by atomic mass is 35.5. The van der Waals surface area contributed by atoms with Gasteiger partial charge in [-0.3, -0.25) is 9.36 Å². The van der Waals surface area contributed by atoms with Crippen molar-refractivity contribution < 1.29 is 4.39 Å². The minimum atomic E-state index is -0.394. The minimum Gasteiger partial charge on any atom is -0.364 e. The van der Waals surface area contributed by atoms with Crippen molar-refractivity contribution in [2.24, 2.45) is 0 Å². The van der Waals surface area contributed by atoms with E-state index in [0.717, 1.165) is 16.9 Å². The number of nitrogens with zero attached hydrogens (tertiary/aromatic N) is 4. The van der Waals surface area contributed by atoms with Gasteiger partial charge in [0.1, 0.15) is 6.67 Å². The van der Waals surface area contributed by atoms with E-state index in [4.69, 9.17) is 0 Å². The molecule has 0 atom stereocenters. The molecule has 1 aliphatic rings. The number of nitrogens with one attached hydrogen (secondary N) is 1. The van der Waals surface area contributed by atoms with E-state index in [1.807, 2.05) is 19.3 Å². The normalized spacial score (nSPS) is 15.0. The van der Waals surface area contributed by atoms with Crippen LogP contribution < -0.4 is 5.32 Å². The molecular formula is C15H23ClFN5. The van der Waals surface area contributed by atoms with Crippen molar-refractivity contribution in [1.29, 1.82) is 0 Å².